The number of nitrogens with two attached hydrogens (primary N) is 1. The Balaban J connectivity index is 2.26. The lowest BCUT2D eigenvalue weighted by Crippen LogP contribution is -2.49. The molecule has 4 nitrogen and oxygen atoms in total. The van der Waals surface area contributed by atoms with Crippen LogP contribution in [0.4, 0.5) is 0 Å². The molecule has 0 unspecified atom stereocenters. The fourth-order valence-electron chi connectivity index (χ4n) is 1.89. The summed E-state index contributed by atoms with van der Waals surface area (Å²) in [7, 11) is 0. The quantitative estimate of drug-likeness (QED) is 0.707. The molecule has 4 heteroatoms. The number of carbonyl (C=O) groups excluding carboxylic acids is 1. The molecular weight excluding hydrogens is 190 g/mol. The molecule has 1 saturated heterocycles. The molecule has 0 spiro atoms. The fourth-order valence-corrected chi connectivity index (χ4v) is 1.89. The van der Waals surface area contributed by atoms with Gasteiger partial charge in [0.25, 0.3) is 0 Å². The molecule has 0 saturated carbocycles. The highest BCUT2D eigenvalue weighted by atomic mass is 16.2. The van der Waals surface area contributed by atoms with E-state index in [0.717, 1.165) is 32.5 Å². The van der Waals surface area contributed by atoms with Crippen molar-refractivity contribution in [1.82, 2.24) is 10.2 Å². The van der Waals surface area contributed by atoms with Crippen LogP contribution in [0.1, 0.15) is 33.1 Å². The van der Waals surface area contributed by atoms with Crippen LogP contribution in [0.2, 0.25) is 0 Å². The molecule has 1 rings (SSSR count). The van der Waals surface area contributed by atoms with E-state index in [1.54, 1.807) is 0 Å². The van der Waals surface area contributed by atoms with E-state index in [4.69, 9.17) is 5.73 Å². The number of nitrogens with one attached hydrogen (secondary N) is 1. The van der Waals surface area contributed by atoms with Crippen LogP contribution in [-0.2, 0) is 4.79 Å². The largest absolute Gasteiger partial charge is 0.352 e. The van der Waals surface area contributed by atoms with Crippen LogP contribution in [0.5, 0.6) is 0 Å². The van der Waals surface area contributed by atoms with E-state index in [-0.39, 0.29) is 11.9 Å². The summed E-state index contributed by atoms with van der Waals surface area (Å²) in [6.07, 6.45) is 2.81. The maximum absolute atomic E-state index is 11.5. The molecule has 0 aromatic heterocycles. The van der Waals surface area contributed by atoms with Gasteiger partial charge in [0.05, 0.1) is 6.04 Å². The highest BCUT2D eigenvalue weighted by Crippen LogP contribution is 2.09. The standard InChI is InChI=1S/C11H23N3O/c1-3-10(12)11(15)13-9-5-7-14(4-2)8-6-9/h9-10H,3-8,12H2,1-2H3,(H,13,15)/t10-/m1/s1. The molecule has 3 N–H and O–H groups in total. The molecule has 0 radical (unpaired) electrons. The van der Waals surface area contributed by atoms with Gasteiger partial charge in [-0.2, -0.15) is 0 Å². The van der Waals surface area contributed by atoms with Gasteiger partial charge in [-0.05, 0) is 25.8 Å². The summed E-state index contributed by atoms with van der Waals surface area (Å²) in [4.78, 5) is 13.9. The highest BCUT2D eigenvalue weighted by Gasteiger charge is 2.21. The fraction of sp³-hybridized carbons (Fsp3) is 0.909. The average Bonchev–Trinajstić information content (AvgIpc) is 2.29. The molecule has 0 aromatic carbocycles. The minimum atomic E-state index is -0.339. The Morgan fingerprint density at radius 1 is 1.47 bits per heavy atom. The first kappa shape index (κ1) is 12.5. The van der Waals surface area contributed by atoms with Gasteiger partial charge >= 0.3 is 0 Å². The van der Waals surface area contributed by atoms with E-state index >= 15 is 0 Å². The number of nitrogens with zero attached hydrogens (tertiary/aromatic N) is 1. The molecule has 0 aliphatic carbocycles. The number of amides is 1. The van der Waals surface area contributed by atoms with Crippen LogP contribution in [0.25, 0.3) is 0 Å². The van der Waals surface area contributed by atoms with Gasteiger partial charge in [0.2, 0.25) is 5.91 Å². The highest BCUT2D eigenvalue weighted by molar-refractivity contribution is 5.81. The van der Waals surface area contributed by atoms with Crippen molar-refractivity contribution in [3.63, 3.8) is 0 Å². The minimum Gasteiger partial charge on any atom is -0.352 e. The van der Waals surface area contributed by atoms with E-state index in [1.165, 1.54) is 0 Å². The Labute approximate surface area is 92.2 Å². The number of hydrogen-bond donors (Lipinski definition) is 2. The lowest BCUT2D eigenvalue weighted by molar-refractivity contribution is -0.123. The van der Waals surface area contributed by atoms with Crippen LogP contribution < -0.4 is 11.1 Å². The van der Waals surface area contributed by atoms with E-state index in [0.29, 0.717) is 12.5 Å². The predicted octanol–water partition coefficient (Wildman–Crippen LogP) is 0.324. The van der Waals surface area contributed by atoms with Gasteiger partial charge in [-0.25, -0.2) is 0 Å². The summed E-state index contributed by atoms with van der Waals surface area (Å²) in [5, 5.41) is 3.02. The Morgan fingerprint density at radius 3 is 2.53 bits per heavy atom. The molecule has 88 valence electrons. The first-order valence-electron chi connectivity index (χ1n) is 5.95. The van der Waals surface area contributed by atoms with Crippen molar-refractivity contribution in [1.29, 1.82) is 0 Å². The number of rotatable bonds is 4. The first-order chi connectivity index (χ1) is 7.17. The van der Waals surface area contributed by atoms with Gasteiger partial charge in [-0.15, -0.1) is 0 Å². The maximum Gasteiger partial charge on any atom is 0.237 e. The number of carbonyl (C=O) groups is 1. The van der Waals surface area contributed by atoms with Gasteiger partial charge in [-0.1, -0.05) is 13.8 Å². The number of likely N-dealkylation sites (tertiary alicyclic amines) is 1. The van der Waals surface area contributed by atoms with E-state index in [9.17, 15) is 4.79 Å². The van der Waals surface area contributed by atoms with Gasteiger partial charge in [0.1, 0.15) is 0 Å². The Kier molecular flexibility index (Phi) is 5.05. The van der Waals surface area contributed by atoms with Gasteiger partial charge in [0, 0.05) is 19.1 Å². The van der Waals surface area contributed by atoms with Gasteiger partial charge in [0.15, 0.2) is 0 Å². The summed E-state index contributed by atoms with van der Waals surface area (Å²) in [5.41, 5.74) is 5.66. The zero-order valence-corrected chi connectivity index (χ0v) is 9.83. The third kappa shape index (κ3) is 3.80. The van der Waals surface area contributed by atoms with Crippen molar-refractivity contribution in [3.8, 4) is 0 Å². The summed E-state index contributed by atoms with van der Waals surface area (Å²) in [6, 6.07) is -0.00731. The molecule has 0 aromatic rings. The van der Waals surface area contributed by atoms with Crippen LogP contribution in [0.15, 0.2) is 0 Å². The summed E-state index contributed by atoms with van der Waals surface area (Å²) in [6.45, 7) is 7.39. The Bertz CT molecular complexity index is 200. The normalized spacial score (nSPS) is 21.3. The molecule has 1 aliphatic heterocycles. The molecule has 1 heterocycles. The minimum absolute atomic E-state index is 0.00690. The van der Waals surface area contributed by atoms with Crippen LogP contribution in [0, 0.1) is 0 Å². The molecule has 1 fully saturated rings. The van der Waals surface area contributed by atoms with E-state index in [2.05, 4.69) is 17.1 Å². The van der Waals surface area contributed by atoms with E-state index < -0.39 is 0 Å². The molecular formula is C11H23N3O. The smallest absolute Gasteiger partial charge is 0.237 e. The average molecular weight is 213 g/mol. The molecule has 1 amide bonds. The first-order valence-corrected chi connectivity index (χ1v) is 5.95. The Morgan fingerprint density at radius 2 is 2.07 bits per heavy atom. The summed E-state index contributed by atoms with van der Waals surface area (Å²) in [5.74, 6) is 0.00690. The summed E-state index contributed by atoms with van der Waals surface area (Å²) < 4.78 is 0. The van der Waals surface area contributed by atoms with Crippen LogP contribution in [-0.4, -0.2) is 42.5 Å². The molecule has 15 heavy (non-hydrogen) atoms. The lowest BCUT2D eigenvalue weighted by atomic mass is 10.0. The molecule has 1 atom stereocenters. The van der Waals surface area contributed by atoms with Crippen LogP contribution >= 0.6 is 0 Å². The van der Waals surface area contributed by atoms with Crippen molar-refractivity contribution >= 4 is 5.91 Å². The maximum atomic E-state index is 11.5. The van der Waals surface area contributed by atoms with Crippen molar-refractivity contribution < 1.29 is 4.79 Å². The summed E-state index contributed by atoms with van der Waals surface area (Å²) >= 11 is 0. The third-order valence-electron chi connectivity index (χ3n) is 3.16. The molecule has 0 bridgehead atoms. The zero-order valence-electron chi connectivity index (χ0n) is 9.83. The van der Waals surface area contributed by atoms with Crippen molar-refractivity contribution in [2.24, 2.45) is 5.73 Å². The van der Waals surface area contributed by atoms with Crippen molar-refractivity contribution in [3.05, 3.63) is 0 Å². The third-order valence-corrected chi connectivity index (χ3v) is 3.16. The molecule has 1 aliphatic rings. The second-order valence-electron chi connectivity index (χ2n) is 4.23. The lowest BCUT2D eigenvalue weighted by Gasteiger charge is -2.31. The second kappa shape index (κ2) is 6.08. The predicted molar refractivity (Wildman–Crippen MR) is 61.5 cm³/mol. The topological polar surface area (TPSA) is 58.4 Å². The monoisotopic (exact) mass is 213 g/mol. The van der Waals surface area contributed by atoms with E-state index in [1.807, 2.05) is 6.92 Å². The van der Waals surface area contributed by atoms with Crippen LogP contribution in [0.3, 0.4) is 0 Å². The van der Waals surface area contributed by atoms with Crippen molar-refractivity contribution in [2.45, 2.75) is 45.2 Å². The van der Waals surface area contributed by atoms with Gasteiger partial charge < -0.3 is 16.0 Å². The second-order valence-corrected chi connectivity index (χ2v) is 4.23. The number of hydrogen-bond acceptors (Lipinski definition) is 3. The van der Waals surface area contributed by atoms with Crippen molar-refractivity contribution in [2.75, 3.05) is 19.6 Å². The SMILES string of the molecule is CC[C@@H](N)C(=O)NC1CCN(CC)CC1. The zero-order chi connectivity index (χ0) is 11.3. The number of piperidine rings is 1. The van der Waals surface area contributed by atoms with Gasteiger partial charge in [-0.3, -0.25) is 4.79 Å². The Hall–Kier alpha value is -0.610.